The molecule has 6 heteroatoms. The summed E-state index contributed by atoms with van der Waals surface area (Å²) in [6.07, 6.45) is 1.91. The number of carbonyl (C=O) groups is 2. The van der Waals surface area contributed by atoms with Gasteiger partial charge in [-0.2, -0.15) is 0 Å². The highest BCUT2D eigenvalue weighted by Gasteiger charge is 2.37. The fourth-order valence-electron chi connectivity index (χ4n) is 3.47. The number of amides is 2. The topological polar surface area (TPSA) is 43.9 Å². The molecule has 3 rings (SSSR count). The standard InChI is InChI=1S/C18H24ClN3O2/c1-20-9-11-21(12-10-20)18(24)16-7-4-8-22(16)17(23)13-14-5-2-3-6-15(14)19/h2-3,5-6,16H,4,7-13H2,1H3. The van der Waals surface area contributed by atoms with Gasteiger partial charge in [0.1, 0.15) is 6.04 Å². The van der Waals surface area contributed by atoms with Crippen LogP contribution in [0.1, 0.15) is 18.4 Å². The first kappa shape index (κ1) is 17.2. The van der Waals surface area contributed by atoms with Gasteiger partial charge >= 0.3 is 0 Å². The number of benzene rings is 1. The van der Waals surface area contributed by atoms with Crippen LogP contribution in [0.3, 0.4) is 0 Å². The van der Waals surface area contributed by atoms with Crippen molar-refractivity contribution in [2.45, 2.75) is 25.3 Å². The van der Waals surface area contributed by atoms with Crippen molar-refractivity contribution >= 4 is 23.4 Å². The first-order valence-corrected chi connectivity index (χ1v) is 8.94. The molecule has 2 fully saturated rings. The molecule has 0 radical (unpaired) electrons. The Bertz CT molecular complexity index is 614. The summed E-state index contributed by atoms with van der Waals surface area (Å²) in [5.41, 5.74) is 0.821. The summed E-state index contributed by atoms with van der Waals surface area (Å²) in [7, 11) is 2.07. The van der Waals surface area contributed by atoms with Crippen molar-refractivity contribution in [2.75, 3.05) is 39.8 Å². The first-order valence-electron chi connectivity index (χ1n) is 8.56. The van der Waals surface area contributed by atoms with Crippen molar-refractivity contribution in [2.24, 2.45) is 0 Å². The monoisotopic (exact) mass is 349 g/mol. The van der Waals surface area contributed by atoms with E-state index in [0.29, 0.717) is 11.6 Å². The number of rotatable bonds is 3. The van der Waals surface area contributed by atoms with Crippen molar-refractivity contribution in [1.82, 2.24) is 14.7 Å². The van der Waals surface area contributed by atoms with Crippen molar-refractivity contribution in [3.8, 4) is 0 Å². The third-order valence-corrected chi connectivity index (χ3v) is 5.34. The Morgan fingerprint density at radius 2 is 1.83 bits per heavy atom. The molecular weight excluding hydrogens is 326 g/mol. The van der Waals surface area contributed by atoms with Crippen LogP contribution in [0, 0.1) is 0 Å². The van der Waals surface area contributed by atoms with Crippen LogP contribution in [0.4, 0.5) is 0 Å². The second-order valence-corrected chi connectivity index (χ2v) is 7.05. The molecule has 0 aliphatic carbocycles. The number of nitrogens with zero attached hydrogens (tertiary/aromatic N) is 3. The minimum atomic E-state index is -0.302. The summed E-state index contributed by atoms with van der Waals surface area (Å²) in [6, 6.07) is 7.09. The zero-order valence-electron chi connectivity index (χ0n) is 14.1. The lowest BCUT2D eigenvalue weighted by molar-refractivity contribution is -0.144. The predicted molar refractivity (Wildman–Crippen MR) is 94.0 cm³/mol. The van der Waals surface area contributed by atoms with Gasteiger partial charge in [0.05, 0.1) is 6.42 Å². The molecule has 130 valence electrons. The van der Waals surface area contributed by atoms with Gasteiger partial charge in [-0.1, -0.05) is 29.8 Å². The van der Waals surface area contributed by atoms with Gasteiger partial charge in [-0.05, 0) is 31.5 Å². The average molecular weight is 350 g/mol. The van der Waals surface area contributed by atoms with Crippen molar-refractivity contribution in [3.63, 3.8) is 0 Å². The van der Waals surface area contributed by atoms with Gasteiger partial charge in [-0.25, -0.2) is 0 Å². The van der Waals surface area contributed by atoms with Crippen LogP contribution in [0.25, 0.3) is 0 Å². The fourth-order valence-corrected chi connectivity index (χ4v) is 3.67. The Hall–Kier alpha value is -1.59. The van der Waals surface area contributed by atoms with Crippen LogP contribution >= 0.6 is 11.6 Å². The molecule has 0 N–H and O–H groups in total. The van der Waals surface area contributed by atoms with E-state index in [4.69, 9.17) is 11.6 Å². The van der Waals surface area contributed by atoms with Gasteiger partial charge in [0.15, 0.2) is 0 Å². The van der Waals surface area contributed by atoms with Crippen LogP contribution in [-0.4, -0.2) is 72.3 Å². The highest BCUT2D eigenvalue weighted by molar-refractivity contribution is 6.31. The Balaban J connectivity index is 1.65. The number of likely N-dealkylation sites (N-methyl/N-ethyl adjacent to an activating group) is 1. The highest BCUT2D eigenvalue weighted by atomic mass is 35.5. The summed E-state index contributed by atoms with van der Waals surface area (Å²) in [5, 5.41) is 0.604. The summed E-state index contributed by atoms with van der Waals surface area (Å²) in [5.74, 6) is 0.0983. The maximum atomic E-state index is 12.8. The molecule has 0 aromatic heterocycles. The van der Waals surface area contributed by atoms with Crippen molar-refractivity contribution < 1.29 is 9.59 Å². The Labute approximate surface area is 148 Å². The van der Waals surface area contributed by atoms with E-state index in [1.165, 1.54) is 0 Å². The number of carbonyl (C=O) groups excluding carboxylic acids is 2. The highest BCUT2D eigenvalue weighted by Crippen LogP contribution is 2.23. The van der Waals surface area contributed by atoms with Gasteiger partial charge in [0, 0.05) is 37.7 Å². The predicted octanol–water partition coefficient (Wildman–Crippen LogP) is 1.65. The normalized spacial score (nSPS) is 22.0. The molecule has 1 atom stereocenters. The van der Waals surface area contributed by atoms with Crippen LogP contribution in [0.5, 0.6) is 0 Å². The molecule has 1 unspecified atom stereocenters. The van der Waals surface area contributed by atoms with Gasteiger partial charge in [0.25, 0.3) is 0 Å². The maximum absolute atomic E-state index is 12.8. The van der Waals surface area contributed by atoms with E-state index in [1.54, 1.807) is 11.0 Å². The third-order valence-electron chi connectivity index (χ3n) is 4.97. The smallest absolute Gasteiger partial charge is 0.245 e. The summed E-state index contributed by atoms with van der Waals surface area (Å²) in [4.78, 5) is 31.4. The zero-order valence-corrected chi connectivity index (χ0v) is 14.8. The van der Waals surface area contributed by atoms with Crippen LogP contribution < -0.4 is 0 Å². The number of hydrogen-bond donors (Lipinski definition) is 0. The van der Waals surface area contributed by atoms with E-state index in [-0.39, 0.29) is 24.3 Å². The second kappa shape index (κ2) is 7.53. The maximum Gasteiger partial charge on any atom is 0.245 e. The SMILES string of the molecule is CN1CCN(C(=O)C2CCCN2C(=O)Cc2ccccc2Cl)CC1. The Kier molecular flexibility index (Phi) is 5.41. The molecule has 1 aromatic rings. The lowest BCUT2D eigenvalue weighted by atomic mass is 10.1. The minimum absolute atomic E-state index is 0.00641. The number of halogens is 1. The van der Waals surface area contributed by atoms with E-state index in [9.17, 15) is 9.59 Å². The molecule has 2 saturated heterocycles. The van der Waals surface area contributed by atoms with Gasteiger partial charge in [-0.15, -0.1) is 0 Å². The Morgan fingerprint density at radius 1 is 1.12 bits per heavy atom. The van der Waals surface area contributed by atoms with E-state index in [0.717, 1.165) is 44.6 Å². The van der Waals surface area contributed by atoms with E-state index >= 15 is 0 Å². The molecule has 5 nitrogen and oxygen atoms in total. The van der Waals surface area contributed by atoms with Gasteiger partial charge < -0.3 is 14.7 Å². The molecule has 0 bridgehead atoms. The van der Waals surface area contributed by atoms with Crippen LogP contribution in [0.15, 0.2) is 24.3 Å². The van der Waals surface area contributed by atoms with E-state index in [1.807, 2.05) is 23.1 Å². The summed E-state index contributed by atoms with van der Waals surface area (Å²) < 4.78 is 0. The number of likely N-dealkylation sites (tertiary alicyclic amines) is 1. The minimum Gasteiger partial charge on any atom is -0.338 e. The Morgan fingerprint density at radius 3 is 2.54 bits per heavy atom. The summed E-state index contributed by atoms with van der Waals surface area (Å²) >= 11 is 6.16. The van der Waals surface area contributed by atoms with E-state index < -0.39 is 0 Å². The molecule has 0 spiro atoms. The lowest BCUT2D eigenvalue weighted by Gasteiger charge is -2.35. The molecule has 0 saturated carbocycles. The molecule has 2 heterocycles. The first-order chi connectivity index (χ1) is 11.6. The lowest BCUT2D eigenvalue weighted by Crippen LogP contribution is -2.53. The van der Waals surface area contributed by atoms with Gasteiger partial charge in [0.2, 0.25) is 11.8 Å². The second-order valence-electron chi connectivity index (χ2n) is 6.64. The third kappa shape index (κ3) is 3.73. The number of piperazine rings is 1. The van der Waals surface area contributed by atoms with Crippen LogP contribution in [0.2, 0.25) is 5.02 Å². The molecule has 2 aliphatic heterocycles. The van der Waals surface area contributed by atoms with Crippen LogP contribution in [-0.2, 0) is 16.0 Å². The van der Waals surface area contributed by atoms with Gasteiger partial charge in [-0.3, -0.25) is 9.59 Å². The number of hydrogen-bond acceptors (Lipinski definition) is 3. The van der Waals surface area contributed by atoms with Crippen molar-refractivity contribution in [3.05, 3.63) is 34.9 Å². The van der Waals surface area contributed by atoms with Crippen molar-refractivity contribution in [1.29, 1.82) is 0 Å². The molecule has 24 heavy (non-hydrogen) atoms. The summed E-state index contributed by atoms with van der Waals surface area (Å²) in [6.45, 7) is 3.95. The molecule has 2 aliphatic rings. The zero-order chi connectivity index (χ0) is 17.1. The molecule has 1 aromatic carbocycles. The largest absolute Gasteiger partial charge is 0.338 e. The molecular formula is C18H24ClN3O2. The quantitative estimate of drug-likeness (QED) is 0.833. The average Bonchev–Trinajstić information content (AvgIpc) is 3.07. The van der Waals surface area contributed by atoms with E-state index in [2.05, 4.69) is 11.9 Å². The molecule has 2 amide bonds. The fraction of sp³-hybridized carbons (Fsp3) is 0.556.